The van der Waals surface area contributed by atoms with Gasteiger partial charge in [0.25, 0.3) is 0 Å². The first-order valence-corrected chi connectivity index (χ1v) is 4.19. The second kappa shape index (κ2) is 3.94. The zero-order valence-corrected chi connectivity index (χ0v) is 6.64. The van der Waals surface area contributed by atoms with Crippen molar-refractivity contribution in [2.45, 2.75) is 32.2 Å². The van der Waals surface area contributed by atoms with Crippen LogP contribution in [0.5, 0.6) is 0 Å². The molecule has 0 aliphatic carbocycles. The molecule has 0 radical (unpaired) electrons. The minimum Gasteiger partial charge on any atom is -0.396 e. The lowest BCUT2D eigenvalue weighted by Gasteiger charge is -2.27. The van der Waals surface area contributed by atoms with Crippen molar-refractivity contribution in [3.05, 3.63) is 0 Å². The number of hydrogen-bond acceptors (Lipinski definition) is 2. The molecule has 0 aromatic heterocycles. The summed E-state index contributed by atoms with van der Waals surface area (Å²) in [5.41, 5.74) is 0. The second-order valence-corrected chi connectivity index (χ2v) is 3.22. The summed E-state index contributed by atoms with van der Waals surface area (Å²) in [5.74, 6) is 0.431. The van der Waals surface area contributed by atoms with E-state index >= 15 is 0 Å². The Balaban J connectivity index is 2.24. The van der Waals surface area contributed by atoms with E-state index in [1.165, 1.54) is 19.3 Å². The van der Waals surface area contributed by atoms with Gasteiger partial charge in [-0.3, -0.25) is 0 Å². The molecule has 10 heavy (non-hydrogen) atoms. The largest absolute Gasteiger partial charge is 0.396 e. The van der Waals surface area contributed by atoms with Crippen LogP contribution in [-0.2, 0) is 0 Å². The molecule has 1 aliphatic rings. The van der Waals surface area contributed by atoms with Crippen molar-refractivity contribution in [2.75, 3.05) is 13.2 Å². The van der Waals surface area contributed by atoms with Crippen molar-refractivity contribution in [1.82, 2.24) is 5.32 Å². The Kier molecular flexibility index (Phi) is 3.16. The molecular weight excluding hydrogens is 126 g/mol. The Bertz CT molecular complexity index is 89.3. The van der Waals surface area contributed by atoms with Gasteiger partial charge in [-0.15, -0.1) is 0 Å². The predicted octanol–water partition coefficient (Wildman–Crippen LogP) is 0.757. The molecule has 0 aromatic rings. The third-order valence-electron chi connectivity index (χ3n) is 2.32. The lowest BCUT2D eigenvalue weighted by atomic mass is 9.94. The van der Waals surface area contributed by atoms with E-state index in [2.05, 4.69) is 12.2 Å². The van der Waals surface area contributed by atoms with Crippen molar-refractivity contribution in [3.8, 4) is 0 Å². The first-order valence-electron chi connectivity index (χ1n) is 4.19. The van der Waals surface area contributed by atoms with Gasteiger partial charge < -0.3 is 10.4 Å². The highest BCUT2D eigenvalue weighted by Gasteiger charge is 2.17. The number of aliphatic hydroxyl groups is 1. The minimum atomic E-state index is 0.317. The van der Waals surface area contributed by atoms with Crippen LogP contribution < -0.4 is 5.32 Å². The Morgan fingerprint density at radius 1 is 1.60 bits per heavy atom. The minimum absolute atomic E-state index is 0.317. The van der Waals surface area contributed by atoms with E-state index in [4.69, 9.17) is 5.11 Å². The van der Waals surface area contributed by atoms with Gasteiger partial charge in [0.2, 0.25) is 0 Å². The molecule has 0 bridgehead atoms. The molecule has 2 heteroatoms. The van der Waals surface area contributed by atoms with Crippen LogP contribution in [0.4, 0.5) is 0 Å². The topological polar surface area (TPSA) is 32.3 Å². The highest BCUT2D eigenvalue weighted by molar-refractivity contribution is 4.76. The fourth-order valence-corrected chi connectivity index (χ4v) is 1.49. The van der Waals surface area contributed by atoms with Crippen molar-refractivity contribution >= 4 is 0 Å². The quantitative estimate of drug-likeness (QED) is 0.598. The Morgan fingerprint density at radius 3 is 2.90 bits per heavy atom. The third-order valence-corrected chi connectivity index (χ3v) is 2.32. The van der Waals surface area contributed by atoms with Crippen LogP contribution in [0, 0.1) is 5.92 Å². The number of aliphatic hydroxyl groups excluding tert-OH is 1. The number of piperidine rings is 1. The van der Waals surface area contributed by atoms with Crippen LogP contribution in [0.25, 0.3) is 0 Å². The van der Waals surface area contributed by atoms with E-state index in [1.807, 2.05) is 0 Å². The Hall–Kier alpha value is -0.0800. The van der Waals surface area contributed by atoms with Crippen LogP contribution in [0.1, 0.15) is 26.2 Å². The molecule has 60 valence electrons. The zero-order chi connectivity index (χ0) is 7.40. The summed E-state index contributed by atoms with van der Waals surface area (Å²) in [6.45, 7) is 3.55. The monoisotopic (exact) mass is 143 g/mol. The summed E-state index contributed by atoms with van der Waals surface area (Å²) in [6, 6.07) is 0.568. The molecule has 0 saturated carbocycles. The van der Waals surface area contributed by atoms with E-state index in [-0.39, 0.29) is 0 Å². The van der Waals surface area contributed by atoms with Gasteiger partial charge in [-0.05, 0) is 25.3 Å². The number of nitrogens with one attached hydrogen (secondary N) is 1. The number of rotatable bonds is 2. The molecule has 1 rings (SSSR count). The molecule has 0 spiro atoms. The second-order valence-electron chi connectivity index (χ2n) is 3.22. The smallest absolute Gasteiger partial charge is 0.0471 e. The molecule has 1 heterocycles. The lowest BCUT2D eigenvalue weighted by Crippen LogP contribution is -2.40. The van der Waals surface area contributed by atoms with Crippen molar-refractivity contribution in [3.63, 3.8) is 0 Å². The van der Waals surface area contributed by atoms with E-state index in [0.29, 0.717) is 18.6 Å². The SMILES string of the molecule is C[C@@H](CO)[C@@H]1CCCCN1. The van der Waals surface area contributed by atoms with Crippen LogP contribution in [-0.4, -0.2) is 24.3 Å². The molecule has 2 atom stereocenters. The molecule has 2 N–H and O–H groups in total. The zero-order valence-electron chi connectivity index (χ0n) is 6.64. The maximum Gasteiger partial charge on any atom is 0.0471 e. The summed E-state index contributed by atoms with van der Waals surface area (Å²) < 4.78 is 0. The normalized spacial score (nSPS) is 30.0. The van der Waals surface area contributed by atoms with E-state index in [9.17, 15) is 0 Å². The Labute approximate surface area is 62.6 Å². The molecule has 0 aromatic carbocycles. The molecule has 0 amide bonds. The summed E-state index contributed by atoms with van der Waals surface area (Å²) in [4.78, 5) is 0. The highest BCUT2D eigenvalue weighted by Crippen LogP contribution is 2.13. The van der Waals surface area contributed by atoms with Crippen molar-refractivity contribution in [1.29, 1.82) is 0 Å². The van der Waals surface area contributed by atoms with Gasteiger partial charge in [-0.1, -0.05) is 13.3 Å². The first-order chi connectivity index (χ1) is 4.84. The van der Waals surface area contributed by atoms with Gasteiger partial charge in [0.1, 0.15) is 0 Å². The van der Waals surface area contributed by atoms with Gasteiger partial charge in [0, 0.05) is 12.6 Å². The molecule has 1 saturated heterocycles. The molecule has 0 unspecified atom stereocenters. The van der Waals surface area contributed by atoms with Gasteiger partial charge in [0.15, 0.2) is 0 Å². The molecule has 1 fully saturated rings. The number of hydrogen-bond donors (Lipinski definition) is 2. The molecule has 1 aliphatic heterocycles. The van der Waals surface area contributed by atoms with Crippen LogP contribution in [0.15, 0.2) is 0 Å². The van der Waals surface area contributed by atoms with E-state index in [0.717, 1.165) is 6.54 Å². The third kappa shape index (κ3) is 1.96. The fraction of sp³-hybridized carbons (Fsp3) is 1.00. The lowest BCUT2D eigenvalue weighted by molar-refractivity contribution is 0.186. The average Bonchev–Trinajstić information content (AvgIpc) is 2.05. The summed E-state index contributed by atoms with van der Waals surface area (Å²) in [5, 5.41) is 12.3. The van der Waals surface area contributed by atoms with E-state index in [1.54, 1.807) is 0 Å². The maximum atomic E-state index is 8.85. The van der Waals surface area contributed by atoms with Crippen molar-refractivity contribution in [2.24, 2.45) is 5.92 Å². The van der Waals surface area contributed by atoms with Gasteiger partial charge in [-0.25, -0.2) is 0 Å². The van der Waals surface area contributed by atoms with Crippen LogP contribution in [0.3, 0.4) is 0 Å². The Morgan fingerprint density at radius 2 is 2.40 bits per heavy atom. The van der Waals surface area contributed by atoms with Gasteiger partial charge in [0.05, 0.1) is 0 Å². The van der Waals surface area contributed by atoms with Gasteiger partial charge in [-0.2, -0.15) is 0 Å². The average molecular weight is 143 g/mol. The fourth-order valence-electron chi connectivity index (χ4n) is 1.49. The van der Waals surface area contributed by atoms with Crippen LogP contribution in [0.2, 0.25) is 0 Å². The summed E-state index contributed by atoms with van der Waals surface area (Å²) in [6.07, 6.45) is 3.86. The molecular formula is C8H17NO. The van der Waals surface area contributed by atoms with Crippen molar-refractivity contribution < 1.29 is 5.11 Å². The summed E-state index contributed by atoms with van der Waals surface area (Å²) >= 11 is 0. The standard InChI is InChI=1S/C8H17NO/c1-7(6-10)8-4-2-3-5-9-8/h7-10H,2-6H2,1H3/t7-,8-/m0/s1. The highest BCUT2D eigenvalue weighted by atomic mass is 16.3. The van der Waals surface area contributed by atoms with Gasteiger partial charge >= 0.3 is 0 Å². The molecule has 2 nitrogen and oxygen atoms in total. The maximum absolute atomic E-state index is 8.85. The first kappa shape index (κ1) is 8.02. The van der Waals surface area contributed by atoms with E-state index < -0.39 is 0 Å². The van der Waals surface area contributed by atoms with Crippen LogP contribution >= 0.6 is 0 Å². The summed E-state index contributed by atoms with van der Waals surface area (Å²) in [7, 11) is 0. The predicted molar refractivity (Wildman–Crippen MR) is 41.9 cm³/mol.